The number of hydrogen-bond acceptors (Lipinski definition) is 12. The molecule has 1 aromatic carbocycles. The van der Waals surface area contributed by atoms with E-state index in [1.165, 1.54) is 30.6 Å². The highest BCUT2D eigenvalue weighted by molar-refractivity contribution is 6.33. The number of aromatic nitrogens is 2. The number of hydrazone groups is 1. The molecule has 0 fully saturated rings. The quantitative estimate of drug-likeness (QED) is 0.121. The van der Waals surface area contributed by atoms with Gasteiger partial charge in [0.05, 0.1) is 55.9 Å². The summed E-state index contributed by atoms with van der Waals surface area (Å²) in [5.74, 6) is -3.34. The number of nitrogens with zero attached hydrogens (tertiary/aromatic N) is 2. The third-order valence-electron chi connectivity index (χ3n) is 8.66. The zero-order valence-corrected chi connectivity index (χ0v) is 24.7. The van der Waals surface area contributed by atoms with Gasteiger partial charge in [-0.2, -0.15) is 5.10 Å². The highest BCUT2D eigenvalue weighted by Gasteiger charge is 2.53. The second kappa shape index (κ2) is 10.2. The van der Waals surface area contributed by atoms with Crippen LogP contribution in [0.1, 0.15) is 33.6 Å². The molecule has 15 heteroatoms. The fraction of sp³-hybridized carbons (Fsp3) is 0.125. The third kappa shape index (κ3) is 3.91. The maximum atomic E-state index is 13.6. The Labute approximate surface area is 264 Å². The van der Waals surface area contributed by atoms with Crippen LogP contribution in [0.4, 0.5) is 0 Å². The monoisotopic (exact) mass is 654 g/mol. The summed E-state index contributed by atoms with van der Waals surface area (Å²) in [5.41, 5.74) is -4.35. The highest BCUT2D eigenvalue weighted by atomic mass is 35.5. The number of benzene rings is 1. The van der Waals surface area contributed by atoms with E-state index in [1.807, 2.05) is 0 Å². The van der Waals surface area contributed by atoms with Crippen molar-refractivity contribution in [3.8, 4) is 11.5 Å². The van der Waals surface area contributed by atoms with Gasteiger partial charge in [-0.25, -0.2) is 5.43 Å². The van der Waals surface area contributed by atoms with E-state index < -0.39 is 82.5 Å². The van der Waals surface area contributed by atoms with E-state index in [9.17, 15) is 44.1 Å². The van der Waals surface area contributed by atoms with E-state index in [0.717, 1.165) is 19.4 Å². The van der Waals surface area contributed by atoms with Crippen LogP contribution in [0.3, 0.4) is 0 Å². The van der Waals surface area contributed by atoms with Crippen molar-refractivity contribution in [3.05, 3.63) is 136 Å². The minimum Gasteiger partial charge on any atom is -0.510 e. The molecule has 5 N–H and O–H groups in total. The van der Waals surface area contributed by atoms with Crippen LogP contribution in [0.5, 0.6) is 11.5 Å². The van der Waals surface area contributed by atoms with Crippen LogP contribution in [-0.4, -0.2) is 44.5 Å². The number of carbonyl (C=O) groups is 1. The lowest BCUT2D eigenvalue weighted by atomic mass is 9.78. The Morgan fingerprint density at radius 1 is 1.02 bits per heavy atom. The number of fused-ring (bicyclic) bond motifs is 4. The maximum Gasteiger partial charge on any atom is 0.272 e. The van der Waals surface area contributed by atoms with Crippen molar-refractivity contribution in [2.24, 2.45) is 5.10 Å². The fourth-order valence-corrected chi connectivity index (χ4v) is 6.82. The molecule has 1 unspecified atom stereocenters. The topological polar surface area (TPSA) is 225 Å². The number of phenols is 1. The van der Waals surface area contributed by atoms with Crippen LogP contribution in [0.15, 0.2) is 65.7 Å². The lowest BCUT2D eigenvalue weighted by Crippen LogP contribution is -2.51. The first-order valence-corrected chi connectivity index (χ1v) is 14.2. The van der Waals surface area contributed by atoms with Crippen molar-refractivity contribution in [2.45, 2.75) is 18.3 Å². The number of carbonyl (C=O) groups excluding carboxylic acids is 1. The largest absolute Gasteiger partial charge is 0.510 e. The van der Waals surface area contributed by atoms with Crippen LogP contribution in [0.2, 0.25) is 5.02 Å². The van der Waals surface area contributed by atoms with Crippen molar-refractivity contribution in [1.29, 1.82) is 0 Å². The van der Waals surface area contributed by atoms with E-state index in [4.69, 9.17) is 16.3 Å². The summed E-state index contributed by atoms with van der Waals surface area (Å²) in [7, 11) is 1.11. The molecule has 1 amide bonds. The van der Waals surface area contributed by atoms with Crippen LogP contribution in [-0.2, 0) is 11.8 Å². The molecule has 234 valence electrons. The number of H-pyrrole nitrogens is 1. The Hall–Kier alpha value is -6.15. The number of aromatic amines is 1. The van der Waals surface area contributed by atoms with Crippen molar-refractivity contribution in [3.63, 3.8) is 0 Å². The molecule has 0 radical (unpaired) electrons. The number of rotatable bonds is 4. The maximum absolute atomic E-state index is 13.6. The van der Waals surface area contributed by atoms with Crippen LogP contribution < -0.4 is 47.9 Å². The first-order chi connectivity index (χ1) is 22.4. The molecular weight excluding hydrogens is 636 g/mol. The summed E-state index contributed by atoms with van der Waals surface area (Å²) in [6.45, 7) is 0. The van der Waals surface area contributed by atoms with Gasteiger partial charge in [-0.3, -0.25) is 33.8 Å². The van der Waals surface area contributed by atoms with Gasteiger partial charge in [0.15, 0.2) is 11.2 Å². The molecule has 0 saturated carbocycles. The molecule has 0 bridgehead atoms. The number of aryl methyl sites for hydroxylation is 1. The molecule has 4 aliphatic rings. The molecular formula is C32H19ClN4O10. The summed E-state index contributed by atoms with van der Waals surface area (Å²) in [4.78, 5) is 84.9. The van der Waals surface area contributed by atoms with Crippen LogP contribution in [0.25, 0.3) is 22.3 Å². The first kappa shape index (κ1) is 29.6. The summed E-state index contributed by atoms with van der Waals surface area (Å²) in [6.07, 6.45) is 3.80. The number of halogens is 1. The normalized spacial score (nSPS) is 16.8. The standard InChI is InChI=1S/C32H19ClN4O10/c1-47-17-8-16(38)19-20(24(17)39)26(41)22-21(25(19)40)28(43)32(29(22)44)4-2-11-6-12-7-13(36-31(46)18(12)27(42)23(11)32)9-35-37-30(45)14-3-5-34-10-15(14)33/h3,5-10,42-44H,2,4H2,1H3,(H,36,46)(H,37,45). The molecule has 7 rings (SSSR count). The average Bonchev–Trinajstić information content (AvgIpc) is 3.53. The second-order valence-corrected chi connectivity index (χ2v) is 11.4. The predicted octanol–water partition coefficient (Wildman–Crippen LogP) is -0.674. The molecule has 2 aromatic heterocycles. The molecule has 0 aliphatic heterocycles. The number of aromatic hydroxyl groups is 1. The minimum absolute atomic E-state index is 0.106. The Balaban J connectivity index is 1.40. The molecule has 47 heavy (non-hydrogen) atoms. The summed E-state index contributed by atoms with van der Waals surface area (Å²) >= 11 is 5.97. The van der Waals surface area contributed by atoms with Crippen molar-refractivity contribution in [1.82, 2.24) is 15.4 Å². The number of aliphatic hydroxyl groups is 2. The molecule has 2 heterocycles. The number of ether oxygens (including phenoxy) is 1. The van der Waals surface area contributed by atoms with Gasteiger partial charge in [0, 0.05) is 24.0 Å². The number of phenolic OH excluding ortho intramolecular Hbond substituents is 1. The smallest absolute Gasteiger partial charge is 0.272 e. The van der Waals surface area contributed by atoms with E-state index >= 15 is 0 Å². The molecule has 4 aliphatic carbocycles. The zero-order valence-electron chi connectivity index (χ0n) is 23.9. The average molecular weight is 655 g/mol. The van der Waals surface area contributed by atoms with Gasteiger partial charge in [-0.15, -0.1) is 0 Å². The molecule has 1 atom stereocenters. The first-order valence-electron chi connectivity index (χ1n) is 13.8. The van der Waals surface area contributed by atoms with Crippen LogP contribution in [0, 0.1) is 10.4 Å². The van der Waals surface area contributed by atoms with Gasteiger partial charge in [0.1, 0.15) is 22.7 Å². The number of aliphatic hydroxyl groups excluding tert-OH is 2. The highest BCUT2D eigenvalue weighted by Crippen LogP contribution is 2.54. The van der Waals surface area contributed by atoms with Crippen LogP contribution >= 0.6 is 11.6 Å². The van der Waals surface area contributed by atoms with Gasteiger partial charge >= 0.3 is 0 Å². The molecule has 0 saturated heterocycles. The summed E-state index contributed by atoms with van der Waals surface area (Å²) in [5, 5.41) is 35.7. The second-order valence-electron chi connectivity index (χ2n) is 11.0. The number of amides is 1. The van der Waals surface area contributed by atoms with Crippen molar-refractivity contribution >= 4 is 46.0 Å². The Kier molecular flexibility index (Phi) is 6.40. The number of methoxy groups -OCH3 is 1. The predicted molar refractivity (Wildman–Crippen MR) is 168 cm³/mol. The van der Waals surface area contributed by atoms with Crippen molar-refractivity contribution < 1.29 is 24.9 Å². The minimum atomic E-state index is -2.02. The van der Waals surface area contributed by atoms with E-state index in [-0.39, 0.29) is 45.5 Å². The van der Waals surface area contributed by atoms with Gasteiger partial charge in [-0.05, 0) is 35.9 Å². The third-order valence-corrected chi connectivity index (χ3v) is 8.96. The Bertz CT molecular complexity index is 2790. The molecule has 1 spiro atoms. The van der Waals surface area contributed by atoms with Gasteiger partial charge in [0.2, 0.25) is 16.3 Å². The van der Waals surface area contributed by atoms with Crippen molar-refractivity contribution in [2.75, 3.05) is 7.11 Å². The molecule has 14 nitrogen and oxygen atoms in total. The Morgan fingerprint density at radius 3 is 2.40 bits per heavy atom. The zero-order chi connectivity index (χ0) is 33.5. The lowest BCUT2D eigenvalue weighted by molar-refractivity contribution is 0.0955. The lowest BCUT2D eigenvalue weighted by Gasteiger charge is -2.27. The van der Waals surface area contributed by atoms with E-state index in [2.05, 4.69) is 20.5 Å². The summed E-state index contributed by atoms with van der Waals surface area (Å²) < 4.78 is 4.89. The number of hydrogen-bond donors (Lipinski definition) is 5. The van der Waals surface area contributed by atoms with Gasteiger partial charge < -0.3 is 25.0 Å². The SMILES string of the molecule is COc1cc(=O)c2c(=O)c3c(c(=O)c=2c1=O)=C(O)C1(CCc2cc4cc(C=NNC(=O)c5ccncc5Cl)[nH]c(=O)c4c(O)c21)C=3O. The van der Waals surface area contributed by atoms with Gasteiger partial charge in [0.25, 0.3) is 11.5 Å². The number of nitrogens with one attached hydrogen (secondary N) is 2. The van der Waals surface area contributed by atoms with Gasteiger partial charge in [-0.1, -0.05) is 17.7 Å². The Morgan fingerprint density at radius 2 is 1.72 bits per heavy atom. The van der Waals surface area contributed by atoms with E-state index in [0.29, 0.717) is 5.56 Å². The van der Waals surface area contributed by atoms with E-state index in [1.54, 1.807) is 0 Å². The molecule has 3 aromatic rings. The number of pyridine rings is 2. The fourth-order valence-electron chi connectivity index (χ4n) is 6.62. The summed E-state index contributed by atoms with van der Waals surface area (Å²) in [6, 6.07) is 5.16.